The zero-order chi connectivity index (χ0) is 12.2. The van der Waals surface area contributed by atoms with Crippen molar-refractivity contribution in [2.45, 2.75) is 27.2 Å². The Labute approximate surface area is 107 Å². The number of hydrogen-bond donors (Lipinski definition) is 1. The Morgan fingerprint density at radius 1 is 1.12 bits per heavy atom. The molecule has 0 N–H and O–H groups in total. The van der Waals surface area contributed by atoms with Gasteiger partial charge in [0.15, 0.2) is 0 Å². The number of thiol groups is 1. The van der Waals surface area contributed by atoms with E-state index >= 15 is 0 Å². The fourth-order valence-electron chi connectivity index (χ4n) is 2.20. The van der Waals surface area contributed by atoms with Crippen LogP contribution in [0, 0.1) is 11.3 Å². The van der Waals surface area contributed by atoms with Crippen LogP contribution in [-0.2, 0) is 0 Å². The largest absolute Gasteiger partial charge is 0.305 e. The molecule has 0 aromatic rings. The third-order valence-corrected chi connectivity index (χ3v) is 4.18. The molecule has 1 unspecified atom stereocenters. The summed E-state index contributed by atoms with van der Waals surface area (Å²) in [5.74, 6) is 1.69. The monoisotopic (exact) mass is 244 g/mol. The van der Waals surface area contributed by atoms with Gasteiger partial charge in [0, 0.05) is 19.6 Å². The van der Waals surface area contributed by atoms with Crippen molar-refractivity contribution in [2.24, 2.45) is 11.3 Å². The lowest BCUT2D eigenvalue weighted by molar-refractivity contribution is 0.168. The summed E-state index contributed by atoms with van der Waals surface area (Å²) in [6.07, 6.45) is 1.31. The third-order valence-electron chi connectivity index (χ3n) is 3.74. The van der Waals surface area contributed by atoms with Crippen molar-refractivity contribution in [3.8, 4) is 0 Å². The second-order valence-corrected chi connectivity index (χ2v) is 6.57. The molecule has 0 radical (unpaired) electrons. The van der Waals surface area contributed by atoms with Gasteiger partial charge in [-0.05, 0) is 43.6 Å². The predicted molar refractivity (Wildman–Crippen MR) is 75.4 cm³/mol. The molecule has 0 aliphatic carbocycles. The minimum Gasteiger partial charge on any atom is -0.305 e. The topological polar surface area (TPSA) is 6.48 Å². The molecule has 1 fully saturated rings. The summed E-state index contributed by atoms with van der Waals surface area (Å²) >= 11 is 4.52. The Hall–Kier alpha value is 0.270. The number of rotatable bonds is 3. The first kappa shape index (κ1) is 14.3. The van der Waals surface area contributed by atoms with Gasteiger partial charge < -0.3 is 9.80 Å². The molecule has 0 amide bonds. The van der Waals surface area contributed by atoms with Crippen molar-refractivity contribution >= 4 is 12.6 Å². The smallest absolute Gasteiger partial charge is 0.0109 e. The van der Waals surface area contributed by atoms with Gasteiger partial charge in [-0.25, -0.2) is 0 Å². The maximum Gasteiger partial charge on any atom is 0.0109 e. The maximum absolute atomic E-state index is 4.52. The highest BCUT2D eigenvalue weighted by Gasteiger charge is 2.26. The summed E-state index contributed by atoms with van der Waals surface area (Å²) in [4.78, 5) is 5.06. The molecule has 1 saturated heterocycles. The molecule has 2 nitrogen and oxygen atoms in total. The van der Waals surface area contributed by atoms with E-state index in [0.29, 0.717) is 11.3 Å². The van der Waals surface area contributed by atoms with Crippen molar-refractivity contribution in [1.29, 1.82) is 0 Å². The highest BCUT2D eigenvalue weighted by molar-refractivity contribution is 7.80. The first-order valence-electron chi connectivity index (χ1n) is 6.45. The Balaban J connectivity index is 2.45. The lowest BCUT2D eigenvalue weighted by Crippen LogP contribution is -2.38. The molecular weight excluding hydrogens is 216 g/mol. The van der Waals surface area contributed by atoms with E-state index in [2.05, 4.69) is 50.2 Å². The van der Waals surface area contributed by atoms with Gasteiger partial charge in [0.1, 0.15) is 0 Å². The average Bonchev–Trinajstić information content (AvgIpc) is 2.38. The zero-order valence-electron chi connectivity index (χ0n) is 11.4. The van der Waals surface area contributed by atoms with E-state index in [4.69, 9.17) is 0 Å². The van der Waals surface area contributed by atoms with Crippen molar-refractivity contribution in [1.82, 2.24) is 9.80 Å². The molecule has 1 atom stereocenters. The molecule has 0 bridgehead atoms. The second-order valence-electron chi connectivity index (χ2n) is 6.20. The molecule has 1 aliphatic rings. The average molecular weight is 244 g/mol. The highest BCUT2D eigenvalue weighted by atomic mass is 32.1. The van der Waals surface area contributed by atoms with Gasteiger partial charge >= 0.3 is 0 Å². The van der Waals surface area contributed by atoms with Gasteiger partial charge in [-0.2, -0.15) is 12.6 Å². The molecule has 0 saturated carbocycles. The summed E-state index contributed by atoms with van der Waals surface area (Å²) in [6.45, 7) is 13.1. The Kier molecular flexibility index (Phi) is 5.62. The van der Waals surface area contributed by atoms with Crippen molar-refractivity contribution in [3.05, 3.63) is 0 Å². The van der Waals surface area contributed by atoms with Crippen LogP contribution in [0.3, 0.4) is 0 Å². The van der Waals surface area contributed by atoms with E-state index < -0.39 is 0 Å². The molecule has 96 valence electrons. The van der Waals surface area contributed by atoms with Crippen molar-refractivity contribution < 1.29 is 0 Å². The predicted octanol–water partition coefficient (Wildman–Crippen LogP) is 2.22. The van der Waals surface area contributed by atoms with E-state index in [9.17, 15) is 0 Å². The van der Waals surface area contributed by atoms with E-state index in [1.807, 2.05) is 0 Å². The molecule has 1 aliphatic heterocycles. The van der Waals surface area contributed by atoms with Gasteiger partial charge in [0.25, 0.3) is 0 Å². The summed E-state index contributed by atoms with van der Waals surface area (Å²) in [5, 5.41) is 0. The van der Waals surface area contributed by atoms with Crippen LogP contribution >= 0.6 is 12.6 Å². The van der Waals surface area contributed by atoms with Crippen LogP contribution in [0.2, 0.25) is 0 Å². The number of nitrogens with zero attached hydrogens (tertiary/aromatic N) is 2. The summed E-state index contributed by atoms with van der Waals surface area (Å²) in [6, 6.07) is 0. The maximum atomic E-state index is 4.52. The van der Waals surface area contributed by atoms with E-state index in [1.165, 1.54) is 39.1 Å². The molecule has 3 heteroatoms. The summed E-state index contributed by atoms with van der Waals surface area (Å²) in [5.41, 5.74) is 0.375. The van der Waals surface area contributed by atoms with Gasteiger partial charge in [0.2, 0.25) is 0 Å². The fraction of sp³-hybridized carbons (Fsp3) is 1.00. The standard InChI is InChI=1S/C13H28N2S/c1-13(2,3)12(11-16)10-15-7-5-6-14(4)8-9-15/h12,16H,5-11H2,1-4H3. The molecule has 0 spiro atoms. The van der Waals surface area contributed by atoms with Crippen LogP contribution in [0.15, 0.2) is 0 Å². The summed E-state index contributed by atoms with van der Waals surface area (Å²) < 4.78 is 0. The molecule has 1 heterocycles. The normalized spacial score (nSPS) is 23.1. The zero-order valence-corrected chi connectivity index (χ0v) is 12.3. The second kappa shape index (κ2) is 6.27. The van der Waals surface area contributed by atoms with E-state index in [-0.39, 0.29) is 0 Å². The molecule has 0 aromatic heterocycles. The van der Waals surface area contributed by atoms with E-state index in [1.54, 1.807) is 0 Å². The van der Waals surface area contributed by atoms with Crippen molar-refractivity contribution in [3.63, 3.8) is 0 Å². The number of likely N-dealkylation sites (N-methyl/N-ethyl adjacent to an activating group) is 1. The van der Waals surface area contributed by atoms with Gasteiger partial charge in [-0.3, -0.25) is 0 Å². The van der Waals surface area contributed by atoms with E-state index in [0.717, 1.165) is 5.75 Å². The van der Waals surface area contributed by atoms with Crippen LogP contribution in [0.25, 0.3) is 0 Å². The Morgan fingerprint density at radius 2 is 1.81 bits per heavy atom. The van der Waals surface area contributed by atoms with Gasteiger partial charge in [-0.15, -0.1) is 0 Å². The molecule has 0 aromatic carbocycles. The van der Waals surface area contributed by atoms with Crippen LogP contribution in [0.1, 0.15) is 27.2 Å². The van der Waals surface area contributed by atoms with Crippen molar-refractivity contribution in [2.75, 3.05) is 45.5 Å². The van der Waals surface area contributed by atoms with Gasteiger partial charge in [-0.1, -0.05) is 20.8 Å². The van der Waals surface area contributed by atoms with Crippen LogP contribution < -0.4 is 0 Å². The lowest BCUT2D eigenvalue weighted by Gasteiger charge is -2.34. The highest BCUT2D eigenvalue weighted by Crippen LogP contribution is 2.27. The number of hydrogen-bond acceptors (Lipinski definition) is 3. The molecule has 16 heavy (non-hydrogen) atoms. The first-order chi connectivity index (χ1) is 7.43. The SMILES string of the molecule is CN1CCCN(CC(CS)C(C)(C)C)CC1. The van der Waals surface area contributed by atoms with Crippen LogP contribution in [-0.4, -0.2) is 55.3 Å². The minimum atomic E-state index is 0.375. The third kappa shape index (κ3) is 4.64. The fourth-order valence-corrected chi connectivity index (χ4v) is 2.86. The molecule has 1 rings (SSSR count). The molecular formula is C13H28N2S. The lowest BCUT2D eigenvalue weighted by atomic mass is 9.81. The van der Waals surface area contributed by atoms with Crippen LogP contribution in [0.5, 0.6) is 0 Å². The summed E-state index contributed by atoms with van der Waals surface area (Å²) in [7, 11) is 2.23. The first-order valence-corrected chi connectivity index (χ1v) is 7.08. The quantitative estimate of drug-likeness (QED) is 0.761. The Morgan fingerprint density at radius 3 is 2.38 bits per heavy atom. The van der Waals surface area contributed by atoms with Gasteiger partial charge in [0.05, 0.1) is 0 Å². The Bertz CT molecular complexity index is 201. The minimum absolute atomic E-state index is 0.375. The van der Waals surface area contributed by atoms with Crippen LogP contribution in [0.4, 0.5) is 0 Å².